The number of nitrogens with zero attached hydrogens (tertiary/aromatic N) is 1. The van der Waals surface area contributed by atoms with Gasteiger partial charge in [-0.25, -0.2) is 0 Å². The summed E-state index contributed by atoms with van der Waals surface area (Å²) in [5.41, 5.74) is -1.32. The van der Waals surface area contributed by atoms with E-state index in [0.29, 0.717) is 13.0 Å². The number of carbonyl (C=O) groups excluding carboxylic acids is 1. The second-order valence-electron chi connectivity index (χ2n) is 6.53. The van der Waals surface area contributed by atoms with E-state index in [0.717, 1.165) is 31.8 Å². The first kappa shape index (κ1) is 23.8. The number of nitrogens with one attached hydrogen (secondary N) is 1. The van der Waals surface area contributed by atoms with Crippen LogP contribution < -0.4 is 10.1 Å². The predicted molar refractivity (Wildman–Crippen MR) is 110 cm³/mol. The highest BCUT2D eigenvalue weighted by Gasteiger charge is 2.33. The number of anilines is 1. The van der Waals surface area contributed by atoms with Gasteiger partial charge in [0.25, 0.3) is 5.91 Å². The molecule has 2 aromatic carbocycles. The van der Waals surface area contributed by atoms with Gasteiger partial charge in [0.1, 0.15) is 17.1 Å². The zero-order valence-electron chi connectivity index (χ0n) is 16.7. The number of rotatable bonds is 9. The molecule has 0 spiro atoms. The molecule has 2 N–H and O–H groups in total. The second kappa shape index (κ2) is 10.5. The lowest BCUT2D eigenvalue weighted by molar-refractivity contribution is -0.137. The maximum absolute atomic E-state index is 13.0. The highest BCUT2D eigenvalue weighted by molar-refractivity contribution is 6.31. The first-order valence-corrected chi connectivity index (χ1v) is 9.90. The summed E-state index contributed by atoms with van der Waals surface area (Å²) in [5.74, 6) is -0.974. The molecule has 164 valence electrons. The van der Waals surface area contributed by atoms with Gasteiger partial charge in [0.15, 0.2) is 0 Å². The Morgan fingerprint density at radius 2 is 1.90 bits per heavy atom. The highest BCUT2D eigenvalue weighted by Crippen LogP contribution is 2.36. The van der Waals surface area contributed by atoms with Gasteiger partial charge in [-0.1, -0.05) is 31.5 Å². The molecule has 0 saturated carbocycles. The Hall–Kier alpha value is -2.45. The zero-order chi connectivity index (χ0) is 22.3. The van der Waals surface area contributed by atoms with E-state index >= 15 is 0 Å². The molecule has 5 nitrogen and oxygen atoms in total. The quantitative estimate of drug-likeness (QED) is 0.506. The largest absolute Gasteiger partial charge is 0.507 e. The van der Waals surface area contributed by atoms with Crippen LogP contribution in [0.2, 0.25) is 5.02 Å². The first-order valence-electron chi connectivity index (χ1n) is 9.52. The highest BCUT2D eigenvalue weighted by atomic mass is 35.5. The maximum Gasteiger partial charge on any atom is 0.417 e. The van der Waals surface area contributed by atoms with E-state index in [2.05, 4.69) is 24.1 Å². The van der Waals surface area contributed by atoms with Crippen LogP contribution in [0.5, 0.6) is 11.5 Å². The lowest BCUT2D eigenvalue weighted by Gasteiger charge is -2.18. The van der Waals surface area contributed by atoms with E-state index in [1.807, 2.05) is 0 Å². The summed E-state index contributed by atoms with van der Waals surface area (Å²) in [4.78, 5) is 14.9. The van der Waals surface area contributed by atoms with Crippen molar-refractivity contribution in [3.63, 3.8) is 0 Å². The van der Waals surface area contributed by atoms with Crippen molar-refractivity contribution in [2.45, 2.75) is 26.4 Å². The van der Waals surface area contributed by atoms with Crippen molar-refractivity contribution in [2.24, 2.45) is 0 Å². The molecular formula is C21H24ClF3N2O3. The minimum absolute atomic E-state index is 0.104. The molecule has 0 aliphatic heterocycles. The summed E-state index contributed by atoms with van der Waals surface area (Å²) in [6, 6.07) is 7.39. The van der Waals surface area contributed by atoms with Gasteiger partial charge in [0.05, 0.1) is 17.2 Å². The molecule has 0 saturated heterocycles. The number of ether oxygens (including phenoxy) is 1. The van der Waals surface area contributed by atoms with Crippen LogP contribution in [0.1, 0.15) is 36.2 Å². The summed E-state index contributed by atoms with van der Waals surface area (Å²) in [7, 11) is 0. The van der Waals surface area contributed by atoms with Crippen LogP contribution in [0.15, 0.2) is 36.4 Å². The Labute approximate surface area is 178 Å². The second-order valence-corrected chi connectivity index (χ2v) is 6.93. The van der Waals surface area contributed by atoms with Gasteiger partial charge in [0.2, 0.25) is 0 Å². The van der Waals surface area contributed by atoms with Crippen molar-refractivity contribution in [2.75, 3.05) is 31.6 Å². The number of alkyl halides is 3. The van der Waals surface area contributed by atoms with Crippen LogP contribution in [0.25, 0.3) is 0 Å². The first-order chi connectivity index (χ1) is 14.2. The average Bonchev–Trinajstić information content (AvgIpc) is 2.68. The van der Waals surface area contributed by atoms with Crippen molar-refractivity contribution in [1.82, 2.24) is 4.90 Å². The Balaban J connectivity index is 2.14. The van der Waals surface area contributed by atoms with Crippen molar-refractivity contribution < 1.29 is 27.8 Å². The van der Waals surface area contributed by atoms with Crippen molar-refractivity contribution in [3.8, 4) is 11.5 Å². The lowest BCUT2D eigenvalue weighted by atomic mass is 10.1. The number of phenolic OH excluding ortho intramolecular Hbond substituents is 1. The normalized spacial score (nSPS) is 11.6. The minimum atomic E-state index is -4.66. The van der Waals surface area contributed by atoms with Crippen LogP contribution in [0, 0.1) is 0 Å². The van der Waals surface area contributed by atoms with E-state index in [4.69, 9.17) is 16.3 Å². The third kappa shape index (κ3) is 6.27. The summed E-state index contributed by atoms with van der Waals surface area (Å²) >= 11 is 5.60. The van der Waals surface area contributed by atoms with Gasteiger partial charge in [-0.05, 0) is 49.8 Å². The molecule has 0 heterocycles. The van der Waals surface area contributed by atoms with Crippen molar-refractivity contribution >= 4 is 23.2 Å². The predicted octanol–water partition coefficient (Wildman–Crippen LogP) is 5.43. The van der Waals surface area contributed by atoms with E-state index in [9.17, 15) is 23.1 Å². The molecule has 0 unspecified atom stereocenters. The standard InChI is InChI=1S/C21H24ClF3N2O3/c1-3-27(4-2)11-6-12-30-18-8-5-7-17(28)19(18)20(29)26-14-9-10-16(22)15(13-14)21(23,24)25/h5,7-10,13,28H,3-4,6,11-12H2,1-2H3,(H,26,29). The van der Waals surface area contributed by atoms with Crippen LogP contribution in [0.4, 0.5) is 18.9 Å². The van der Waals surface area contributed by atoms with E-state index in [1.54, 1.807) is 0 Å². The van der Waals surface area contributed by atoms with Gasteiger partial charge >= 0.3 is 6.18 Å². The molecule has 30 heavy (non-hydrogen) atoms. The van der Waals surface area contributed by atoms with Gasteiger partial charge in [-0.3, -0.25) is 4.79 Å². The number of phenols is 1. The van der Waals surface area contributed by atoms with E-state index < -0.39 is 22.7 Å². The summed E-state index contributed by atoms with van der Waals surface area (Å²) < 4.78 is 44.8. The lowest BCUT2D eigenvalue weighted by Crippen LogP contribution is -2.25. The molecule has 0 radical (unpaired) electrons. The van der Waals surface area contributed by atoms with Gasteiger partial charge in [-0.15, -0.1) is 0 Å². The van der Waals surface area contributed by atoms with Gasteiger partial charge in [-0.2, -0.15) is 13.2 Å². The minimum Gasteiger partial charge on any atom is -0.507 e. The van der Waals surface area contributed by atoms with Crippen LogP contribution >= 0.6 is 11.6 Å². The molecule has 0 aromatic heterocycles. The monoisotopic (exact) mass is 444 g/mol. The Morgan fingerprint density at radius 3 is 2.53 bits per heavy atom. The molecule has 1 amide bonds. The molecule has 0 bridgehead atoms. The number of hydrogen-bond donors (Lipinski definition) is 2. The third-order valence-electron chi connectivity index (χ3n) is 4.53. The Kier molecular flexibility index (Phi) is 8.37. The van der Waals surface area contributed by atoms with Gasteiger partial charge < -0.3 is 20.1 Å². The number of halogens is 4. The van der Waals surface area contributed by atoms with Crippen molar-refractivity contribution in [1.29, 1.82) is 0 Å². The maximum atomic E-state index is 13.0. The number of aromatic hydroxyl groups is 1. The molecule has 0 fully saturated rings. The average molecular weight is 445 g/mol. The molecular weight excluding hydrogens is 421 g/mol. The fourth-order valence-electron chi connectivity index (χ4n) is 2.89. The molecule has 2 rings (SSSR count). The SMILES string of the molecule is CCN(CC)CCCOc1cccc(O)c1C(=O)Nc1ccc(Cl)c(C(F)(F)F)c1. The van der Waals surface area contributed by atoms with E-state index in [-0.39, 0.29) is 22.7 Å². The fraction of sp³-hybridized carbons (Fsp3) is 0.381. The molecule has 0 aliphatic rings. The smallest absolute Gasteiger partial charge is 0.417 e. The Morgan fingerprint density at radius 1 is 1.20 bits per heavy atom. The topological polar surface area (TPSA) is 61.8 Å². The van der Waals surface area contributed by atoms with Crippen LogP contribution in [-0.2, 0) is 6.18 Å². The summed E-state index contributed by atoms with van der Waals surface area (Å²) in [5, 5.41) is 12.0. The summed E-state index contributed by atoms with van der Waals surface area (Å²) in [6.07, 6.45) is -3.95. The summed E-state index contributed by atoms with van der Waals surface area (Å²) in [6.45, 7) is 7.08. The zero-order valence-corrected chi connectivity index (χ0v) is 17.5. The van der Waals surface area contributed by atoms with Crippen LogP contribution in [-0.4, -0.2) is 42.2 Å². The molecule has 0 aliphatic carbocycles. The molecule has 0 atom stereocenters. The number of benzene rings is 2. The Bertz CT molecular complexity index is 871. The molecule has 2 aromatic rings. The third-order valence-corrected chi connectivity index (χ3v) is 4.86. The number of hydrogen-bond acceptors (Lipinski definition) is 4. The number of amides is 1. The molecule has 9 heteroatoms. The fourth-order valence-corrected chi connectivity index (χ4v) is 3.12. The van der Waals surface area contributed by atoms with Crippen LogP contribution in [0.3, 0.4) is 0 Å². The van der Waals surface area contributed by atoms with E-state index in [1.165, 1.54) is 24.3 Å². The van der Waals surface area contributed by atoms with Gasteiger partial charge in [0, 0.05) is 12.2 Å². The number of carbonyl (C=O) groups is 1. The van der Waals surface area contributed by atoms with Crippen molar-refractivity contribution in [3.05, 3.63) is 52.5 Å².